The number of carbonyl (C=O) groups is 3. The highest BCUT2D eigenvalue weighted by Gasteiger charge is 2.39. The lowest BCUT2D eigenvalue weighted by molar-refractivity contribution is -0.137. The second-order valence-corrected chi connectivity index (χ2v) is 10.2. The number of fused-ring (bicyclic) bond motifs is 1. The fraction of sp³-hybridized carbons (Fsp3) is 0.519. The molecule has 0 bridgehead atoms. The molecule has 0 spiro atoms. The maximum Gasteiger partial charge on any atom is 0.331 e. The van der Waals surface area contributed by atoms with Crippen LogP contribution in [0.1, 0.15) is 47.1 Å². The SMILES string of the molecule is CN[C@H](C(=O)N[C@@H](C)C(=O)N(C)[C@H](/C=C(\C)C(=O)O)C(C)C)C(C)(C)c1cn(C)c2ccccc12. The van der Waals surface area contributed by atoms with E-state index in [1.165, 1.54) is 11.8 Å². The van der Waals surface area contributed by atoms with Crippen molar-refractivity contribution < 1.29 is 19.5 Å². The van der Waals surface area contributed by atoms with E-state index in [0.29, 0.717) is 0 Å². The molecule has 192 valence electrons. The molecular weight excluding hydrogens is 444 g/mol. The molecule has 0 aliphatic heterocycles. The highest BCUT2D eigenvalue weighted by molar-refractivity contribution is 5.92. The Labute approximate surface area is 208 Å². The smallest absolute Gasteiger partial charge is 0.331 e. The van der Waals surface area contributed by atoms with Crippen LogP contribution in [0.25, 0.3) is 10.9 Å². The lowest BCUT2D eigenvalue weighted by atomic mass is 9.77. The average molecular weight is 485 g/mol. The molecule has 0 fully saturated rings. The minimum Gasteiger partial charge on any atom is -0.478 e. The molecule has 0 aliphatic carbocycles. The largest absolute Gasteiger partial charge is 0.478 e. The van der Waals surface area contributed by atoms with Crippen molar-refractivity contribution in [2.24, 2.45) is 13.0 Å². The number of hydrogen-bond acceptors (Lipinski definition) is 4. The number of rotatable bonds is 10. The van der Waals surface area contributed by atoms with Crippen LogP contribution in [-0.2, 0) is 26.8 Å². The van der Waals surface area contributed by atoms with Crippen LogP contribution in [0.15, 0.2) is 42.1 Å². The summed E-state index contributed by atoms with van der Waals surface area (Å²) in [5.74, 6) is -1.59. The van der Waals surface area contributed by atoms with Crippen molar-refractivity contribution in [1.82, 2.24) is 20.1 Å². The standard InChI is InChI=1S/C27H40N4O4/c1-16(2)22(14-17(3)26(34)35)31(9)25(33)18(4)29-24(32)23(28-7)27(5,6)20-15-30(8)21-13-11-10-12-19(20)21/h10-16,18,22-23,28H,1-9H3,(H,29,32)(H,34,35)/b17-14+/t18-,22+,23+/m0/s1. The summed E-state index contributed by atoms with van der Waals surface area (Å²) >= 11 is 0. The third kappa shape index (κ3) is 5.93. The topological polar surface area (TPSA) is 104 Å². The molecule has 0 saturated carbocycles. The Hall–Kier alpha value is -3.13. The van der Waals surface area contributed by atoms with Gasteiger partial charge in [0, 0.05) is 42.2 Å². The fourth-order valence-corrected chi connectivity index (χ4v) is 4.72. The molecule has 1 heterocycles. The van der Waals surface area contributed by atoms with Crippen LogP contribution in [0.3, 0.4) is 0 Å². The minimum atomic E-state index is -1.02. The summed E-state index contributed by atoms with van der Waals surface area (Å²) in [4.78, 5) is 39.4. The van der Waals surface area contributed by atoms with Crippen LogP contribution >= 0.6 is 0 Å². The second-order valence-electron chi connectivity index (χ2n) is 10.2. The number of aromatic nitrogens is 1. The first-order valence-electron chi connectivity index (χ1n) is 11.9. The van der Waals surface area contributed by atoms with Gasteiger partial charge in [-0.2, -0.15) is 0 Å². The summed E-state index contributed by atoms with van der Waals surface area (Å²) in [7, 11) is 5.36. The summed E-state index contributed by atoms with van der Waals surface area (Å²) in [6, 6.07) is 6.28. The Morgan fingerprint density at radius 2 is 1.74 bits per heavy atom. The highest BCUT2D eigenvalue weighted by atomic mass is 16.4. The van der Waals surface area contributed by atoms with Gasteiger partial charge in [0.05, 0.1) is 12.1 Å². The number of carboxylic acids is 1. The zero-order valence-electron chi connectivity index (χ0n) is 22.3. The third-order valence-electron chi connectivity index (χ3n) is 6.83. The number of hydrogen-bond donors (Lipinski definition) is 3. The van der Waals surface area contributed by atoms with Gasteiger partial charge in [0.25, 0.3) is 0 Å². The lowest BCUT2D eigenvalue weighted by Gasteiger charge is -2.35. The first-order valence-corrected chi connectivity index (χ1v) is 11.9. The molecule has 35 heavy (non-hydrogen) atoms. The van der Waals surface area contributed by atoms with Crippen LogP contribution in [-0.4, -0.2) is 64.6 Å². The molecule has 3 atom stereocenters. The Kier molecular flexibility index (Phi) is 8.89. The van der Waals surface area contributed by atoms with Crippen LogP contribution in [0.4, 0.5) is 0 Å². The average Bonchev–Trinajstić information content (AvgIpc) is 3.13. The second kappa shape index (κ2) is 11.1. The van der Waals surface area contributed by atoms with Gasteiger partial charge in [-0.1, -0.05) is 52.0 Å². The van der Waals surface area contributed by atoms with Crippen molar-refractivity contribution in [2.45, 2.75) is 65.1 Å². The third-order valence-corrected chi connectivity index (χ3v) is 6.83. The summed E-state index contributed by atoms with van der Waals surface area (Å²) in [5.41, 5.74) is 1.72. The van der Waals surface area contributed by atoms with E-state index in [1.54, 1.807) is 27.1 Å². The molecule has 2 aromatic rings. The molecule has 1 aromatic carbocycles. The monoisotopic (exact) mass is 484 g/mol. The first-order chi connectivity index (χ1) is 16.2. The van der Waals surface area contributed by atoms with E-state index in [9.17, 15) is 19.5 Å². The normalized spacial score (nSPS) is 15.1. The molecule has 1 aromatic heterocycles. The molecule has 0 aliphatic rings. The van der Waals surface area contributed by atoms with Gasteiger partial charge in [-0.3, -0.25) is 9.59 Å². The molecular formula is C27H40N4O4. The number of nitrogens with zero attached hydrogens (tertiary/aromatic N) is 2. The van der Waals surface area contributed by atoms with Crippen LogP contribution in [0.2, 0.25) is 0 Å². The van der Waals surface area contributed by atoms with E-state index < -0.39 is 29.5 Å². The van der Waals surface area contributed by atoms with Gasteiger partial charge in [-0.05, 0) is 38.4 Å². The summed E-state index contributed by atoms with van der Waals surface area (Å²) in [6.45, 7) is 11.0. The molecule has 0 saturated heterocycles. The molecule has 8 nitrogen and oxygen atoms in total. The van der Waals surface area contributed by atoms with Gasteiger partial charge in [0.15, 0.2) is 0 Å². The van der Waals surface area contributed by atoms with Crippen LogP contribution in [0, 0.1) is 5.92 Å². The summed E-state index contributed by atoms with van der Waals surface area (Å²) in [5, 5.41) is 16.4. The number of carbonyl (C=O) groups excluding carboxylic acids is 2. The van der Waals surface area contributed by atoms with Crippen molar-refractivity contribution in [2.75, 3.05) is 14.1 Å². The van der Waals surface area contributed by atoms with E-state index in [-0.39, 0.29) is 23.3 Å². The number of benzene rings is 1. The molecule has 2 rings (SSSR count). The number of likely N-dealkylation sites (N-methyl/N-ethyl adjacent to an activating group) is 2. The Morgan fingerprint density at radius 1 is 1.14 bits per heavy atom. The number of aliphatic carboxylic acids is 1. The van der Waals surface area contributed by atoms with E-state index in [4.69, 9.17) is 0 Å². The molecule has 0 radical (unpaired) electrons. The molecule has 2 amide bonds. The van der Waals surface area contributed by atoms with Crippen molar-refractivity contribution >= 4 is 28.7 Å². The zero-order valence-corrected chi connectivity index (χ0v) is 22.3. The van der Waals surface area contributed by atoms with Gasteiger partial charge in [0.2, 0.25) is 11.8 Å². The number of aryl methyl sites for hydroxylation is 1. The van der Waals surface area contributed by atoms with Crippen LogP contribution in [0.5, 0.6) is 0 Å². The van der Waals surface area contributed by atoms with Crippen molar-refractivity contribution in [1.29, 1.82) is 0 Å². The highest BCUT2D eigenvalue weighted by Crippen LogP contribution is 2.34. The Bertz CT molecular complexity index is 1120. The van der Waals surface area contributed by atoms with Gasteiger partial charge in [-0.15, -0.1) is 0 Å². The first kappa shape index (κ1) is 28.1. The molecule has 8 heteroatoms. The van der Waals surface area contributed by atoms with E-state index in [1.807, 2.05) is 52.9 Å². The van der Waals surface area contributed by atoms with Gasteiger partial charge < -0.3 is 25.2 Å². The number of para-hydroxylation sites is 1. The maximum atomic E-state index is 13.4. The minimum absolute atomic E-state index is 0.00324. The predicted molar refractivity (Wildman–Crippen MR) is 139 cm³/mol. The van der Waals surface area contributed by atoms with Crippen molar-refractivity contribution in [3.05, 3.63) is 47.7 Å². The van der Waals surface area contributed by atoms with Gasteiger partial charge >= 0.3 is 5.97 Å². The van der Waals surface area contributed by atoms with E-state index in [2.05, 4.69) is 27.5 Å². The Morgan fingerprint density at radius 3 is 2.29 bits per heavy atom. The molecule has 0 unspecified atom stereocenters. The van der Waals surface area contributed by atoms with Gasteiger partial charge in [-0.25, -0.2) is 4.79 Å². The fourth-order valence-electron chi connectivity index (χ4n) is 4.72. The van der Waals surface area contributed by atoms with Crippen molar-refractivity contribution in [3.8, 4) is 0 Å². The quantitative estimate of drug-likeness (QED) is 0.450. The summed E-state index contributed by atoms with van der Waals surface area (Å²) < 4.78 is 2.05. The number of amides is 2. The van der Waals surface area contributed by atoms with E-state index >= 15 is 0 Å². The van der Waals surface area contributed by atoms with E-state index in [0.717, 1.165) is 16.5 Å². The number of carboxylic acid groups (broad SMARTS) is 1. The predicted octanol–water partition coefficient (Wildman–Crippen LogP) is 3.06. The lowest BCUT2D eigenvalue weighted by Crippen LogP contribution is -2.58. The van der Waals surface area contributed by atoms with Crippen LogP contribution < -0.4 is 10.6 Å². The zero-order chi connectivity index (χ0) is 26.7. The maximum absolute atomic E-state index is 13.4. The Balaban J connectivity index is 2.26. The number of nitrogens with one attached hydrogen (secondary N) is 2. The summed E-state index contributed by atoms with van der Waals surface area (Å²) in [6.07, 6.45) is 3.63. The van der Waals surface area contributed by atoms with Gasteiger partial charge in [0.1, 0.15) is 6.04 Å². The molecule has 3 N–H and O–H groups in total. The van der Waals surface area contributed by atoms with Crippen molar-refractivity contribution in [3.63, 3.8) is 0 Å².